The van der Waals surface area contributed by atoms with Gasteiger partial charge in [0.2, 0.25) is 5.82 Å². The Bertz CT molecular complexity index is 405. The summed E-state index contributed by atoms with van der Waals surface area (Å²) in [5.74, 6) is -3.22. The van der Waals surface area contributed by atoms with Crippen molar-refractivity contribution in [1.82, 2.24) is 0 Å². The van der Waals surface area contributed by atoms with Crippen LogP contribution in [0.3, 0.4) is 0 Å². The number of hydrogen-bond acceptors (Lipinski definition) is 3. The molecule has 1 atom stereocenters. The molecule has 0 saturated heterocycles. The zero-order valence-corrected chi connectivity index (χ0v) is 9.09. The van der Waals surface area contributed by atoms with Gasteiger partial charge in [-0.2, -0.15) is 4.39 Å². The molecule has 0 fully saturated rings. The third-order valence-electron chi connectivity index (χ3n) is 2.03. The summed E-state index contributed by atoms with van der Waals surface area (Å²) in [5.41, 5.74) is 4.96. The Morgan fingerprint density at radius 2 is 2.06 bits per heavy atom. The molecule has 0 aliphatic heterocycles. The molecule has 88 valence electrons. The first-order chi connectivity index (χ1) is 7.49. The van der Waals surface area contributed by atoms with Crippen LogP contribution in [0.2, 0.25) is 0 Å². The molecule has 16 heavy (non-hydrogen) atoms. The van der Waals surface area contributed by atoms with Crippen molar-refractivity contribution in [3.63, 3.8) is 0 Å². The van der Waals surface area contributed by atoms with Gasteiger partial charge in [0.1, 0.15) is 0 Å². The van der Waals surface area contributed by atoms with E-state index in [2.05, 4.69) is 0 Å². The summed E-state index contributed by atoms with van der Waals surface area (Å²) >= 11 is 0. The number of ketones is 1. The van der Waals surface area contributed by atoms with Gasteiger partial charge in [0, 0.05) is 0 Å². The molecule has 0 aromatic heterocycles. The summed E-state index contributed by atoms with van der Waals surface area (Å²) in [4.78, 5) is 11.4. The third kappa shape index (κ3) is 2.36. The first kappa shape index (κ1) is 12.6. The van der Waals surface area contributed by atoms with Crippen LogP contribution >= 0.6 is 0 Å². The SMILES string of the molecule is CCOc1ccc(C(=O)C(C)N)c(F)c1F. The lowest BCUT2D eigenvalue weighted by atomic mass is 10.0. The van der Waals surface area contributed by atoms with E-state index in [0.29, 0.717) is 0 Å². The Labute approximate surface area is 92.2 Å². The first-order valence-corrected chi connectivity index (χ1v) is 4.89. The van der Waals surface area contributed by atoms with Crippen molar-refractivity contribution in [1.29, 1.82) is 0 Å². The van der Waals surface area contributed by atoms with Crippen molar-refractivity contribution in [2.75, 3.05) is 6.61 Å². The topological polar surface area (TPSA) is 52.3 Å². The smallest absolute Gasteiger partial charge is 0.201 e. The zero-order chi connectivity index (χ0) is 12.3. The van der Waals surface area contributed by atoms with Gasteiger partial charge >= 0.3 is 0 Å². The molecule has 0 radical (unpaired) electrons. The Hall–Kier alpha value is -1.49. The van der Waals surface area contributed by atoms with Crippen molar-refractivity contribution in [2.45, 2.75) is 19.9 Å². The predicted octanol–water partition coefficient (Wildman–Crippen LogP) is 1.89. The van der Waals surface area contributed by atoms with E-state index in [4.69, 9.17) is 10.5 Å². The van der Waals surface area contributed by atoms with Gasteiger partial charge in [-0.25, -0.2) is 4.39 Å². The second-order valence-electron chi connectivity index (χ2n) is 3.33. The number of hydrogen-bond donors (Lipinski definition) is 1. The van der Waals surface area contributed by atoms with E-state index in [0.717, 1.165) is 0 Å². The lowest BCUT2D eigenvalue weighted by Crippen LogP contribution is -2.27. The van der Waals surface area contributed by atoms with Gasteiger partial charge in [-0.05, 0) is 26.0 Å². The van der Waals surface area contributed by atoms with Crippen LogP contribution in [0.25, 0.3) is 0 Å². The van der Waals surface area contributed by atoms with Crippen molar-refractivity contribution < 1.29 is 18.3 Å². The molecule has 3 nitrogen and oxygen atoms in total. The van der Waals surface area contributed by atoms with E-state index in [-0.39, 0.29) is 17.9 Å². The number of benzene rings is 1. The summed E-state index contributed by atoms with van der Waals surface area (Å²) in [6.45, 7) is 3.28. The number of carbonyl (C=O) groups is 1. The molecule has 1 unspecified atom stereocenters. The Balaban J connectivity index is 3.16. The maximum Gasteiger partial charge on any atom is 0.201 e. The maximum absolute atomic E-state index is 13.5. The standard InChI is InChI=1S/C11H13F2NO2/c1-3-16-8-5-4-7(9(12)10(8)13)11(15)6(2)14/h4-6H,3,14H2,1-2H3. The van der Waals surface area contributed by atoms with Gasteiger partial charge in [-0.3, -0.25) is 4.79 Å². The highest BCUT2D eigenvalue weighted by molar-refractivity contribution is 6.00. The molecule has 2 N–H and O–H groups in total. The van der Waals surface area contributed by atoms with E-state index in [9.17, 15) is 13.6 Å². The van der Waals surface area contributed by atoms with E-state index >= 15 is 0 Å². The zero-order valence-electron chi connectivity index (χ0n) is 9.09. The van der Waals surface area contributed by atoms with E-state index in [1.54, 1.807) is 6.92 Å². The Kier molecular flexibility index (Phi) is 3.95. The van der Waals surface area contributed by atoms with E-state index in [1.165, 1.54) is 19.1 Å². The number of Topliss-reactive ketones (excluding diaryl/α,β-unsaturated/α-hetero) is 1. The molecule has 0 bridgehead atoms. The lowest BCUT2D eigenvalue weighted by molar-refractivity contribution is 0.0962. The highest BCUT2D eigenvalue weighted by Gasteiger charge is 2.21. The minimum atomic E-state index is -1.21. The molecule has 0 aliphatic carbocycles. The second kappa shape index (κ2) is 5.03. The molecule has 0 saturated carbocycles. The number of rotatable bonds is 4. The second-order valence-corrected chi connectivity index (χ2v) is 3.33. The molecule has 1 aromatic rings. The normalized spacial score (nSPS) is 12.3. The fraction of sp³-hybridized carbons (Fsp3) is 0.364. The third-order valence-corrected chi connectivity index (χ3v) is 2.03. The van der Waals surface area contributed by atoms with Crippen molar-refractivity contribution in [3.8, 4) is 5.75 Å². The molecule has 0 aliphatic rings. The van der Waals surface area contributed by atoms with Crippen LogP contribution in [-0.2, 0) is 0 Å². The summed E-state index contributed by atoms with van der Waals surface area (Å²) in [6.07, 6.45) is 0. The van der Waals surface area contributed by atoms with Crippen LogP contribution in [0.15, 0.2) is 12.1 Å². The summed E-state index contributed by atoms with van der Waals surface area (Å²) < 4.78 is 31.7. The number of halogens is 2. The van der Waals surface area contributed by atoms with Crippen molar-refractivity contribution in [2.24, 2.45) is 5.73 Å². The van der Waals surface area contributed by atoms with Crippen LogP contribution < -0.4 is 10.5 Å². The minimum absolute atomic E-state index is 0.207. The van der Waals surface area contributed by atoms with Gasteiger partial charge in [0.25, 0.3) is 0 Å². The molecule has 0 heterocycles. The van der Waals surface area contributed by atoms with Crippen LogP contribution in [0, 0.1) is 11.6 Å². The average molecular weight is 229 g/mol. The Morgan fingerprint density at radius 1 is 1.44 bits per heavy atom. The molecule has 1 rings (SSSR count). The highest BCUT2D eigenvalue weighted by Crippen LogP contribution is 2.23. The quantitative estimate of drug-likeness (QED) is 0.802. The maximum atomic E-state index is 13.5. The number of ether oxygens (including phenoxy) is 1. The van der Waals surface area contributed by atoms with Gasteiger partial charge < -0.3 is 10.5 Å². The van der Waals surface area contributed by atoms with Gasteiger partial charge in [0.15, 0.2) is 17.3 Å². The summed E-state index contributed by atoms with van der Waals surface area (Å²) in [7, 11) is 0. The monoisotopic (exact) mass is 229 g/mol. The highest BCUT2D eigenvalue weighted by atomic mass is 19.2. The molecular weight excluding hydrogens is 216 g/mol. The van der Waals surface area contributed by atoms with Crippen molar-refractivity contribution >= 4 is 5.78 Å². The Morgan fingerprint density at radius 3 is 2.56 bits per heavy atom. The van der Waals surface area contributed by atoms with Crippen LogP contribution in [0.4, 0.5) is 8.78 Å². The number of carbonyl (C=O) groups excluding carboxylic acids is 1. The predicted molar refractivity (Wildman–Crippen MR) is 55.5 cm³/mol. The van der Waals surface area contributed by atoms with Gasteiger partial charge in [-0.1, -0.05) is 0 Å². The fourth-order valence-electron chi connectivity index (χ4n) is 1.23. The molecule has 1 aromatic carbocycles. The minimum Gasteiger partial charge on any atom is -0.491 e. The summed E-state index contributed by atoms with van der Waals surface area (Å²) in [6, 6.07) is 1.53. The van der Waals surface area contributed by atoms with E-state index in [1.807, 2.05) is 0 Å². The van der Waals surface area contributed by atoms with Crippen LogP contribution in [0.1, 0.15) is 24.2 Å². The molecule has 0 amide bonds. The van der Waals surface area contributed by atoms with E-state index < -0.39 is 23.5 Å². The van der Waals surface area contributed by atoms with Crippen LogP contribution in [0.5, 0.6) is 5.75 Å². The van der Waals surface area contributed by atoms with Crippen LogP contribution in [-0.4, -0.2) is 18.4 Å². The van der Waals surface area contributed by atoms with Gasteiger partial charge in [0.05, 0.1) is 18.2 Å². The lowest BCUT2D eigenvalue weighted by Gasteiger charge is -2.09. The van der Waals surface area contributed by atoms with Crippen molar-refractivity contribution in [3.05, 3.63) is 29.3 Å². The fourth-order valence-corrected chi connectivity index (χ4v) is 1.23. The summed E-state index contributed by atoms with van der Waals surface area (Å²) in [5, 5.41) is 0. The first-order valence-electron chi connectivity index (χ1n) is 4.89. The van der Waals surface area contributed by atoms with Gasteiger partial charge in [-0.15, -0.1) is 0 Å². The number of nitrogens with two attached hydrogens (primary N) is 1. The average Bonchev–Trinajstić information content (AvgIpc) is 2.24. The largest absolute Gasteiger partial charge is 0.491 e. The molecule has 5 heteroatoms. The molecular formula is C11H13F2NO2. The molecule has 0 spiro atoms.